The van der Waals surface area contributed by atoms with Gasteiger partial charge in [0.1, 0.15) is 5.82 Å². The zero-order valence-electron chi connectivity index (χ0n) is 16.0. The fourth-order valence-electron chi connectivity index (χ4n) is 3.23. The molecule has 0 saturated heterocycles. The summed E-state index contributed by atoms with van der Waals surface area (Å²) >= 11 is 0. The van der Waals surface area contributed by atoms with E-state index in [2.05, 4.69) is 15.3 Å². The molecule has 0 aliphatic rings. The number of nitrogens with one attached hydrogen (secondary N) is 2. The SMILES string of the molecule is CCC(c1ccccc1)C(N)C(=O)Nc1ccc(-c2nc(C)cc(=O)[nH]2)cc1. The molecule has 0 fully saturated rings. The summed E-state index contributed by atoms with van der Waals surface area (Å²) in [5.41, 5.74) is 9.15. The molecule has 0 spiro atoms. The lowest BCUT2D eigenvalue weighted by Crippen LogP contribution is -2.40. The number of anilines is 1. The van der Waals surface area contributed by atoms with Crippen LogP contribution >= 0.6 is 0 Å². The second kappa shape index (κ2) is 8.63. The van der Waals surface area contributed by atoms with Crippen LogP contribution in [0.5, 0.6) is 0 Å². The number of rotatable bonds is 6. The minimum atomic E-state index is -0.651. The molecule has 0 radical (unpaired) electrons. The Morgan fingerprint density at radius 1 is 1.14 bits per heavy atom. The van der Waals surface area contributed by atoms with Crippen molar-refractivity contribution in [2.24, 2.45) is 5.73 Å². The van der Waals surface area contributed by atoms with E-state index in [1.165, 1.54) is 6.07 Å². The normalized spacial score (nSPS) is 13.0. The molecule has 4 N–H and O–H groups in total. The number of benzene rings is 2. The molecule has 0 aliphatic carbocycles. The lowest BCUT2D eigenvalue weighted by atomic mass is 9.89. The van der Waals surface area contributed by atoms with Crippen molar-refractivity contribution in [1.82, 2.24) is 9.97 Å². The third-order valence-corrected chi connectivity index (χ3v) is 4.70. The molecule has 6 nitrogen and oxygen atoms in total. The molecule has 2 unspecified atom stereocenters. The molecule has 3 aromatic rings. The molecule has 0 saturated carbocycles. The van der Waals surface area contributed by atoms with E-state index < -0.39 is 6.04 Å². The van der Waals surface area contributed by atoms with Crippen LogP contribution in [0.25, 0.3) is 11.4 Å². The van der Waals surface area contributed by atoms with Crippen LogP contribution in [0.3, 0.4) is 0 Å². The van der Waals surface area contributed by atoms with Gasteiger partial charge in [-0.25, -0.2) is 4.98 Å². The number of aryl methyl sites for hydroxylation is 1. The van der Waals surface area contributed by atoms with Crippen LogP contribution in [0.2, 0.25) is 0 Å². The van der Waals surface area contributed by atoms with Crippen molar-refractivity contribution in [3.05, 3.63) is 82.3 Å². The largest absolute Gasteiger partial charge is 0.325 e. The van der Waals surface area contributed by atoms with Gasteiger partial charge in [-0.1, -0.05) is 37.3 Å². The number of H-pyrrole nitrogens is 1. The summed E-state index contributed by atoms with van der Waals surface area (Å²) in [6.07, 6.45) is 0.768. The van der Waals surface area contributed by atoms with Gasteiger partial charge in [0.15, 0.2) is 0 Å². The summed E-state index contributed by atoms with van der Waals surface area (Å²) in [6.45, 7) is 3.79. The summed E-state index contributed by atoms with van der Waals surface area (Å²) < 4.78 is 0. The molecule has 144 valence electrons. The molecule has 28 heavy (non-hydrogen) atoms. The minimum absolute atomic E-state index is 0.0537. The molecular weight excluding hydrogens is 352 g/mol. The Morgan fingerprint density at radius 2 is 1.82 bits per heavy atom. The molecule has 3 rings (SSSR count). The number of nitrogens with two attached hydrogens (primary N) is 1. The van der Waals surface area contributed by atoms with Crippen LogP contribution in [-0.4, -0.2) is 21.9 Å². The fraction of sp³-hybridized carbons (Fsp3) is 0.227. The number of carbonyl (C=O) groups excluding carboxylic acids is 1. The average molecular weight is 376 g/mol. The van der Waals surface area contributed by atoms with Crippen molar-refractivity contribution in [3.63, 3.8) is 0 Å². The maximum Gasteiger partial charge on any atom is 0.251 e. The third kappa shape index (κ3) is 4.53. The van der Waals surface area contributed by atoms with Gasteiger partial charge in [-0.05, 0) is 43.2 Å². The van der Waals surface area contributed by atoms with E-state index in [-0.39, 0.29) is 17.4 Å². The molecule has 1 amide bonds. The number of hydrogen-bond acceptors (Lipinski definition) is 4. The standard InChI is InChI=1S/C22H24N4O2/c1-3-18(15-7-5-4-6-8-15)20(23)22(28)25-17-11-9-16(10-12-17)21-24-14(2)13-19(27)26-21/h4-13,18,20H,3,23H2,1-2H3,(H,25,28)(H,24,26,27). The maximum atomic E-state index is 12.6. The number of aromatic nitrogens is 2. The van der Waals surface area contributed by atoms with E-state index >= 15 is 0 Å². The van der Waals surface area contributed by atoms with Gasteiger partial charge in [-0.3, -0.25) is 9.59 Å². The minimum Gasteiger partial charge on any atom is -0.325 e. The van der Waals surface area contributed by atoms with Crippen LogP contribution in [0.4, 0.5) is 5.69 Å². The van der Waals surface area contributed by atoms with E-state index in [9.17, 15) is 9.59 Å². The summed E-state index contributed by atoms with van der Waals surface area (Å²) in [5.74, 6) is 0.210. The number of carbonyl (C=O) groups is 1. The average Bonchev–Trinajstić information content (AvgIpc) is 2.69. The Hall–Kier alpha value is -3.25. The van der Waals surface area contributed by atoms with Crippen molar-refractivity contribution in [3.8, 4) is 11.4 Å². The van der Waals surface area contributed by atoms with Gasteiger partial charge in [0.2, 0.25) is 5.91 Å². The van der Waals surface area contributed by atoms with Crippen LogP contribution in [0, 0.1) is 6.92 Å². The maximum absolute atomic E-state index is 12.6. The number of aromatic amines is 1. The Labute approximate surface area is 163 Å². The van der Waals surface area contributed by atoms with Crippen molar-refractivity contribution >= 4 is 11.6 Å². The van der Waals surface area contributed by atoms with Gasteiger partial charge in [-0.15, -0.1) is 0 Å². The fourth-order valence-corrected chi connectivity index (χ4v) is 3.23. The summed E-state index contributed by atoms with van der Waals surface area (Å²) in [6, 6.07) is 17.8. The molecule has 2 aromatic carbocycles. The van der Waals surface area contributed by atoms with Crippen LogP contribution in [-0.2, 0) is 4.79 Å². The van der Waals surface area contributed by atoms with E-state index in [4.69, 9.17) is 5.73 Å². The second-order valence-corrected chi connectivity index (χ2v) is 6.75. The highest BCUT2D eigenvalue weighted by molar-refractivity contribution is 5.95. The summed E-state index contributed by atoms with van der Waals surface area (Å²) in [4.78, 5) is 31.3. The highest BCUT2D eigenvalue weighted by Gasteiger charge is 2.24. The molecule has 6 heteroatoms. The summed E-state index contributed by atoms with van der Waals surface area (Å²) in [7, 11) is 0. The van der Waals surface area contributed by atoms with Gasteiger partial charge >= 0.3 is 0 Å². The first-order chi connectivity index (χ1) is 13.5. The zero-order valence-corrected chi connectivity index (χ0v) is 16.0. The first-order valence-electron chi connectivity index (χ1n) is 9.27. The number of hydrogen-bond donors (Lipinski definition) is 3. The topological polar surface area (TPSA) is 101 Å². The molecular formula is C22H24N4O2. The molecule has 0 aliphatic heterocycles. The summed E-state index contributed by atoms with van der Waals surface area (Å²) in [5, 5.41) is 2.87. The first-order valence-corrected chi connectivity index (χ1v) is 9.27. The Balaban J connectivity index is 1.72. The van der Waals surface area contributed by atoms with E-state index in [1.54, 1.807) is 31.2 Å². The van der Waals surface area contributed by atoms with Crippen LogP contribution in [0.15, 0.2) is 65.5 Å². The van der Waals surface area contributed by atoms with Crippen LogP contribution < -0.4 is 16.6 Å². The van der Waals surface area contributed by atoms with Crippen molar-refractivity contribution in [2.75, 3.05) is 5.32 Å². The Bertz CT molecular complexity index is 997. The highest BCUT2D eigenvalue weighted by atomic mass is 16.2. The van der Waals surface area contributed by atoms with Gasteiger partial charge in [0, 0.05) is 28.9 Å². The first kappa shape index (κ1) is 19.5. The monoisotopic (exact) mass is 376 g/mol. The molecule has 2 atom stereocenters. The smallest absolute Gasteiger partial charge is 0.251 e. The molecule has 0 bridgehead atoms. The zero-order chi connectivity index (χ0) is 20.1. The van der Waals surface area contributed by atoms with Crippen LogP contribution in [0.1, 0.15) is 30.5 Å². The van der Waals surface area contributed by atoms with Gasteiger partial charge in [-0.2, -0.15) is 0 Å². The van der Waals surface area contributed by atoms with Gasteiger partial charge in [0.05, 0.1) is 6.04 Å². The molecule has 1 heterocycles. The quantitative estimate of drug-likeness (QED) is 0.615. The van der Waals surface area contributed by atoms with E-state index in [1.807, 2.05) is 37.3 Å². The second-order valence-electron chi connectivity index (χ2n) is 6.75. The highest BCUT2D eigenvalue weighted by Crippen LogP contribution is 2.23. The Morgan fingerprint density at radius 3 is 2.43 bits per heavy atom. The van der Waals surface area contributed by atoms with Crippen molar-refractivity contribution in [2.45, 2.75) is 32.2 Å². The van der Waals surface area contributed by atoms with Gasteiger partial charge < -0.3 is 16.0 Å². The van der Waals surface area contributed by atoms with E-state index in [0.717, 1.165) is 17.5 Å². The number of nitrogens with zero attached hydrogens (tertiary/aromatic N) is 1. The van der Waals surface area contributed by atoms with Gasteiger partial charge in [0.25, 0.3) is 5.56 Å². The lowest BCUT2D eigenvalue weighted by molar-refractivity contribution is -0.117. The van der Waals surface area contributed by atoms with Crippen molar-refractivity contribution in [1.29, 1.82) is 0 Å². The number of amides is 1. The molecule has 1 aromatic heterocycles. The lowest BCUT2D eigenvalue weighted by Gasteiger charge is -2.22. The predicted molar refractivity (Wildman–Crippen MR) is 111 cm³/mol. The predicted octanol–water partition coefficient (Wildman–Crippen LogP) is 3.20. The third-order valence-electron chi connectivity index (χ3n) is 4.70. The van der Waals surface area contributed by atoms with Crippen molar-refractivity contribution < 1.29 is 4.79 Å². The Kier molecular flexibility index (Phi) is 6.01. The van der Waals surface area contributed by atoms with E-state index in [0.29, 0.717) is 17.2 Å².